The van der Waals surface area contributed by atoms with Gasteiger partial charge in [0.25, 0.3) is 0 Å². The van der Waals surface area contributed by atoms with E-state index >= 15 is 0 Å². The first kappa shape index (κ1) is 22.6. The Morgan fingerprint density at radius 2 is 1.54 bits per heavy atom. The highest BCUT2D eigenvalue weighted by Crippen LogP contribution is 2.43. The van der Waals surface area contributed by atoms with E-state index in [2.05, 4.69) is 16.9 Å². The summed E-state index contributed by atoms with van der Waals surface area (Å²) in [4.78, 5) is 0. The molecule has 1 aromatic rings. The zero-order valence-electron chi connectivity index (χ0n) is 14.5. The highest BCUT2D eigenvalue weighted by atomic mass is 33.7. The molecule has 0 radical (unpaired) electrons. The van der Waals surface area contributed by atoms with Crippen LogP contribution in [0.5, 0.6) is 0 Å². The van der Waals surface area contributed by atoms with Gasteiger partial charge < -0.3 is 18.0 Å². The van der Waals surface area contributed by atoms with Crippen molar-refractivity contribution in [3.63, 3.8) is 0 Å². The molecule has 0 saturated carbocycles. The molecule has 1 aromatic carbocycles. The molecule has 1 rings (SSSR count). The highest BCUT2D eigenvalue weighted by molar-refractivity contribution is 9.26. The predicted molar refractivity (Wildman–Crippen MR) is 115 cm³/mol. The first-order valence-electron chi connectivity index (χ1n) is 8.11. The number of nitrogens with one attached hydrogen (secondary N) is 1. The van der Waals surface area contributed by atoms with Gasteiger partial charge in [-0.1, -0.05) is 29.0 Å². The summed E-state index contributed by atoms with van der Waals surface area (Å²) in [5, 5.41) is 0. The molecule has 24 heavy (non-hydrogen) atoms. The minimum absolute atomic E-state index is 0.645. The van der Waals surface area contributed by atoms with E-state index in [-0.39, 0.29) is 0 Å². The Bertz CT molecular complexity index is 400. The molecule has 0 aliphatic rings. The van der Waals surface area contributed by atoms with Crippen LogP contribution >= 0.6 is 41.4 Å². The smallest absolute Gasteiger partial charge is 0.374 e. The topological polar surface area (TPSA) is 39.7 Å². The van der Waals surface area contributed by atoms with Crippen LogP contribution in [0, 0.1) is 0 Å². The fraction of sp³-hybridized carbons (Fsp3) is 0.600. The summed E-state index contributed by atoms with van der Waals surface area (Å²) in [5.41, 5.74) is 1.13. The maximum Gasteiger partial charge on any atom is 0.500 e. The average molecular weight is 426 g/mol. The number of benzene rings is 1. The van der Waals surface area contributed by atoms with Gasteiger partial charge in [-0.3, -0.25) is 0 Å². The van der Waals surface area contributed by atoms with Crippen LogP contribution < -0.4 is 4.72 Å². The van der Waals surface area contributed by atoms with Gasteiger partial charge in [-0.05, 0) is 49.2 Å². The molecule has 0 amide bonds. The Labute approximate surface area is 162 Å². The van der Waals surface area contributed by atoms with E-state index in [4.69, 9.17) is 13.3 Å². The summed E-state index contributed by atoms with van der Waals surface area (Å²) < 4.78 is 20.9. The minimum atomic E-state index is -2.46. The van der Waals surface area contributed by atoms with E-state index in [0.717, 1.165) is 23.9 Å². The molecule has 0 atom stereocenters. The Morgan fingerprint density at radius 3 is 2.12 bits per heavy atom. The SMILES string of the molecule is CCO[Si](CCCSSSSNc1ccccc1)(OCC)OCC. The lowest BCUT2D eigenvalue weighted by molar-refractivity contribution is 0.0712. The third-order valence-corrected chi connectivity index (χ3v) is 11.9. The van der Waals surface area contributed by atoms with Gasteiger partial charge >= 0.3 is 8.80 Å². The lowest BCUT2D eigenvalue weighted by Crippen LogP contribution is -2.46. The van der Waals surface area contributed by atoms with Crippen LogP contribution in [0.4, 0.5) is 5.69 Å². The van der Waals surface area contributed by atoms with Gasteiger partial charge in [0.15, 0.2) is 0 Å². The first-order chi connectivity index (χ1) is 11.8. The van der Waals surface area contributed by atoms with Crippen LogP contribution in [-0.2, 0) is 13.3 Å². The van der Waals surface area contributed by atoms with E-state index < -0.39 is 8.80 Å². The maximum absolute atomic E-state index is 5.86. The molecule has 0 aliphatic carbocycles. The van der Waals surface area contributed by atoms with Gasteiger partial charge in [0, 0.05) is 58.1 Å². The lowest BCUT2D eigenvalue weighted by Gasteiger charge is -2.28. The van der Waals surface area contributed by atoms with Gasteiger partial charge in [0.2, 0.25) is 0 Å². The second kappa shape index (κ2) is 14.7. The maximum atomic E-state index is 5.86. The van der Waals surface area contributed by atoms with Crippen LogP contribution in [0.1, 0.15) is 27.2 Å². The summed E-state index contributed by atoms with van der Waals surface area (Å²) in [6, 6.07) is 11.1. The monoisotopic (exact) mass is 425 g/mol. The molecule has 0 spiro atoms. The van der Waals surface area contributed by atoms with Crippen LogP contribution in [-0.4, -0.2) is 34.4 Å². The van der Waals surface area contributed by atoms with Crippen molar-refractivity contribution in [3.8, 4) is 0 Å². The molecule has 0 fully saturated rings. The van der Waals surface area contributed by atoms with Crippen molar-refractivity contribution in [3.05, 3.63) is 30.3 Å². The standard InChI is InChI=1S/C15H27NO3S4Si/c1-4-17-24(18-5-2,19-6-3)14-10-13-20-22-23-21-16-15-11-8-7-9-12-15/h7-9,11-12,16H,4-6,10,13-14H2,1-3H3. The van der Waals surface area contributed by atoms with Crippen molar-refractivity contribution in [1.82, 2.24) is 0 Å². The van der Waals surface area contributed by atoms with Crippen molar-refractivity contribution in [2.75, 3.05) is 30.3 Å². The van der Waals surface area contributed by atoms with Crippen molar-refractivity contribution in [1.29, 1.82) is 0 Å². The Kier molecular flexibility index (Phi) is 13.8. The minimum Gasteiger partial charge on any atom is -0.374 e. The van der Waals surface area contributed by atoms with Crippen LogP contribution in [0.15, 0.2) is 30.3 Å². The van der Waals surface area contributed by atoms with Gasteiger partial charge in [0.1, 0.15) is 0 Å². The second-order valence-electron chi connectivity index (χ2n) is 4.60. The van der Waals surface area contributed by atoms with Crippen LogP contribution in [0.25, 0.3) is 0 Å². The third kappa shape index (κ3) is 9.86. The summed E-state index contributed by atoms with van der Waals surface area (Å²) in [6.07, 6.45) is 1.04. The number of anilines is 1. The molecular formula is C15H27NO3S4Si. The highest BCUT2D eigenvalue weighted by Gasteiger charge is 2.39. The molecule has 0 aromatic heterocycles. The number of hydrogen-bond acceptors (Lipinski definition) is 8. The molecule has 4 nitrogen and oxygen atoms in total. The molecule has 138 valence electrons. The van der Waals surface area contributed by atoms with Crippen LogP contribution in [0.3, 0.4) is 0 Å². The fourth-order valence-electron chi connectivity index (χ4n) is 1.99. The van der Waals surface area contributed by atoms with Crippen molar-refractivity contribution < 1.29 is 13.3 Å². The molecule has 1 N–H and O–H groups in total. The zero-order valence-corrected chi connectivity index (χ0v) is 18.8. The molecule has 0 heterocycles. The van der Waals surface area contributed by atoms with Crippen molar-refractivity contribution in [2.24, 2.45) is 0 Å². The molecule has 9 heteroatoms. The van der Waals surface area contributed by atoms with Gasteiger partial charge in [-0.15, -0.1) is 0 Å². The Balaban J connectivity index is 2.12. The second-order valence-corrected chi connectivity index (χ2v) is 13.1. The van der Waals surface area contributed by atoms with E-state index in [1.807, 2.05) is 49.8 Å². The van der Waals surface area contributed by atoms with Gasteiger partial charge in [0.05, 0.1) is 0 Å². The van der Waals surface area contributed by atoms with Gasteiger partial charge in [-0.2, -0.15) is 0 Å². The molecule has 0 aliphatic heterocycles. The van der Waals surface area contributed by atoms with Crippen molar-refractivity contribution >= 4 is 55.9 Å². The first-order valence-corrected chi connectivity index (χ1v) is 15.0. The van der Waals surface area contributed by atoms with E-state index in [1.54, 1.807) is 30.6 Å². The predicted octanol–water partition coefficient (Wildman–Crippen LogP) is 6.13. The number of rotatable bonds is 15. The van der Waals surface area contributed by atoms with E-state index in [9.17, 15) is 0 Å². The van der Waals surface area contributed by atoms with Crippen LogP contribution in [0.2, 0.25) is 6.04 Å². The van der Waals surface area contributed by atoms with Crippen molar-refractivity contribution in [2.45, 2.75) is 33.2 Å². The fourth-order valence-corrected chi connectivity index (χ4v) is 10.0. The number of para-hydroxylation sites is 1. The molecule has 0 bridgehead atoms. The van der Waals surface area contributed by atoms with E-state index in [0.29, 0.717) is 19.8 Å². The average Bonchev–Trinajstić information content (AvgIpc) is 2.59. The quantitative estimate of drug-likeness (QED) is 0.156. The summed E-state index contributed by atoms with van der Waals surface area (Å²) in [6.45, 7) is 7.93. The molecular weight excluding hydrogens is 399 g/mol. The van der Waals surface area contributed by atoms with Gasteiger partial charge in [-0.25, -0.2) is 0 Å². The third-order valence-electron chi connectivity index (χ3n) is 2.85. The van der Waals surface area contributed by atoms with E-state index in [1.165, 1.54) is 0 Å². The summed E-state index contributed by atoms with van der Waals surface area (Å²) >= 11 is 0. The Hall–Kier alpha value is 0.517. The largest absolute Gasteiger partial charge is 0.500 e. The lowest BCUT2D eigenvalue weighted by atomic mass is 10.3. The molecule has 0 unspecified atom stereocenters. The summed E-state index contributed by atoms with van der Waals surface area (Å²) in [7, 11) is 4.56. The summed E-state index contributed by atoms with van der Waals surface area (Å²) in [5.74, 6) is 1.06. The normalized spacial score (nSPS) is 11.6. The molecule has 0 saturated heterocycles. The number of hydrogen-bond donors (Lipinski definition) is 1. The Morgan fingerprint density at radius 1 is 0.917 bits per heavy atom. The zero-order chi connectivity index (χ0) is 17.5.